The Kier molecular flexibility index (Phi) is 6.03. The van der Waals surface area contributed by atoms with Crippen molar-refractivity contribution in [2.75, 3.05) is 5.75 Å². The van der Waals surface area contributed by atoms with Gasteiger partial charge in [-0.1, -0.05) is 41.5 Å². The summed E-state index contributed by atoms with van der Waals surface area (Å²) in [6, 6.07) is 13.5. The Morgan fingerprint density at radius 1 is 0.966 bits per heavy atom. The average molecular weight is 412 g/mol. The second-order valence-corrected chi connectivity index (χ2v) is 9.63. The molecule has 6 heteroatoms. The Morgan fingerprint density at radius 2 is 1.62 bits per heavy atom. The predicted molar refractivity (Wildman–Crippen MR) is 114 cm³/mol. The smallest absolute Gasteiger partial charge is 0.226 e. The van der Waals surface area contributed by atoms with Crippen LogP contribution in [-0.2, 0) is 26.8 Å². The number of hydrogen-bond acceptors (Lipinski definition) is 5. The van der Waals surface area contributed by atoms with Gasteiger partial charge in [0.15, 0.2) is 15.6 Å². The van der Waals surface area contributed by atoms with Gasteiger partial charge in [0.25, 0.3) is 0 Å². The number of Topliss-reactive ketones (excluding diaryl/α,β-unsaturated/α-hetero) is 1. The van der Waals surface area contributed by atoms with E-state index < -0.39 is 15.6 Å². The predicted octanol–water partition coefficient (Wildman–Crippen LogP) is 4.30. The van der Waals surface area contributed by atoms with Crippen molar-refractivity contribution in [2.24, 2.45) is 0 Å². The number of carbonyl (C=O) groups is 1. The summed E-state index contributed by atoms with van der Waals surface area (Å²) in [6.45, 7) is 7.54. The second-order valence-electron chi connectivity index (χ2n) is 7.57. The van der Waals surface area contributed by atoms with Crippen molar-refractivity contribution in [3.05, 3.63) is 76.2 Å². The quantitative estimate of drug-likeness (QED) is 0.579. The molecule has 3 rings (SSSR count). The molecule has 0 atom stereocenters. The third-order valence-corrected chi connectivity index (χ3v) is 6.30. The standard InChI is InChI=1S/C23H25NO4S/c1-15-6-9-19(10-7-15)23-24-22(18(4)28-23)14-29(26,27)13-21(25)12-20-11-16(2)5-8-17(20)3/h5-11H,12-14H2,1-4H3. The lowest BCUT2D eigenvalue weighted by molar-refractivity contribution is -0.116. The maximum Gasteiger partial charge on any atom is 0.226 e. The highest BCUT2D eigenvalue weighted by Crippen LogP contribution is 2.23. The molecule has 0 aliphatic heterocycles. The first-order valence-electron chi connectivity index (χ1n) is 9.44. The number of rotatable bonds is 7. The van der Waals surface area contributed by atoms with Crippen molar-refractivity contribution < 1.29 is 17.6 Å². The summed E-state index contributed by atoms with van der Waals surface area (Å²) in [4.78, 5) is 16.8. The molecule has 0 unspecified atom stereocenters. The van der Waals surface area contributed by atoms with Crippen LogP contribution in [-0.4, -0.2) is 24.9 Å². The Balaban J connectivity index is 1.71. The average Bonchev–Trinajstić information content (AvgIpc) is 2.98. The molecule has 0 bridgehead atoms. The fourth-order valence-electron chi connectivity index (χ4n) is 3.14. The monoisotopic (exact) mass is 411 g/mol. The highest BCUT2D eigenvalue weighted by atomic mass is 32.2. The number of ketones is 1. The molecule has 1 aromatic heterocycles. The molecule has 0 saturated carbocycles. The Bertz CT molecular complexity index is 1140. The number of oxazole rings is 1. The zero-order valence-corrected chi connectivity index (χ0v) is 18.0. The molecule has 0 saturated heterocycles. The van der Waals surface area contributed by atoms with Crippen molar-refractivity contribution in [2.45, 2.75) is 39.9 Å². The Labute approximate surface area is 171 Å². The van der Waals surface area contributed by atoms with E-state index in [1.54, 1.807) is 6.92 Å². The van der Waals surface area contributed by atoms with Crippen molar-refractivity contribution in [3.63, 3.8) is 0 Å². The summed E-state index contributed by atoms with van der Waals surface area (Å²) in [7, 11) is -3.65. The van der Waals surface area contributed by atoms with Crippen LogP contribution in [0.25, 0.3) is 11.5 Å². The Hall–Kier alpha value is -2.73. The molecular formula is C23H25NO4S. The van der Waals surface area contributed by atoms with Gasteiger partial charge in [0, 0.05) is 12.0 Å². The lowest BCUT2D eigenvalue weighted by atomic mass is 10.0. The third kappa shape index (κ3) is 5.41. The van der Waals surface area contributed by atoms with Gasteiger partial charge < -0.3 is 4.42 Å². The van der Waals surface area contributed by atoms with Gasteiger partial charge in [-0.15, -0.1) is 0 Å². The van der Waals surface area contributed by atoms with E-state index in [1.165, 1.54) is 0 Å². The van der Waals surface area contributed by atoms with Gasteiger partial charge in [-0.25, -0.2) is 13.4 Å². The minimum Gasteiger partial charge on any atom is -0.441 e. The van der Waals surface area contributed by atoms with E-state index in [-0.39, 0.29) is 18.0 Å². The third-order valence-electron chi connectivity index (χ3n) is 4.82. The van der Waals surface area contributed by atoms with Crippen LogP contribution >= 0.6 is 0 Å². The summed E-state index contributed by atoms with van der Waals surface area (Å²) in [5, 5.41) is 0. The van der Waals surface area contributed by atoms with Crippen molar-refractivity contribution in [3.8, 4) is 11.5 Å². The highest BCUT2D eigenvalue weighted by molar-refractivity contribution is 7.91. The summed E-state index contributed by atoms with van der Waals surface area (Å²) in [5.74, 6) is -0.307. The van der Waals surface area contributed by atoms with Crippen LogP contribution in [0.3, 0.4) is 0 Å². The lowest BCUT2D eigenvalue weighted by Crippen LogP contribution is -2.20. The summed E-state index contributed by atoms with van der Waals surface area (Å²) >= 11 is 0. The van der Waals surface area contributed by atoms with Crippen LogP contribution in [0.5, 0.6) is 0 Å². The lowest BCUT2D eigenvalue weighted by Gasteiger charge is -2.07. The number of aryl methyl sites for hydroxylation is 4. The van der Waals surface area contributed by atoms with Crippen LogP contribution in [0, 0.1) is 27.7 Å². The van der Waals surface area contributed by atoms with Gasteiger partial charge in [-0.05, 0) is 51.0 Å². The Morgan fingerprint density at radius 3 is 2.31 bits per heavy atom. The fraction of sp³-hybridized carbons (Fsp3) is 0.304. The molecule has 0 aliphatic rings. The molecule has 0 N–H and O–H groups in total. The molecule has 152 valence electrons. The number of benzene rings is 2. The highest BCUT2D eigenvalue weighted by Gasteiger charge is 2.22. The van der Waals surface area contributed by atoms with Gasteiger partial charge in [0.1, 0.15) is 11.5 Å². The first-order valence-corrected chi connectivity index (χ1v) is 11.3. The number of aromatic nitrogens is 1. The summed E-state index contributed by atoms with van der Waals surface area (Å²) in [6.07, 6.45) is 0.110. The molecule has 0 fully saturated rings. The van der Waals surface area contributed by atoms with E-state index in [0.717, 1.165) is 27.8 Å². The van der Waals surface area contributed by atoms with E-state index in [4.69, 9.17) is 4.42 Å². The zero-order valence-electron chi connectivity index (χ0n) is 17.2. The molecule has 1 heterocycles. The second kappa shape index (κ2) is 8.33. The van der Waals surface area contributed by atoms with E-state index in [9.17, 15) is 13.2 Å². The molecule has 29 heavy (non-hydrogen) atoms. The molecule has 5 nitrogen and oxygen atoms in total. The summed E-state index contributed by atoms with van der Waals surface area (Å²) in [5.41, 5.74) is 5.14. The number of sulfone groups is 1. The van der Waals surface area contributed by atoms with Gasteiger partial charge in [0.2, 0.25) is 5.89 Å². The van der Waals surface area contributed by atoms with Crippen LogP contribution in [0.15, 0.2) is 46.9 Å². The van der Waals surface area contributed by atoms with Crippen molar-refractivity contribution in [1.82, 2.24) is 4.98 Å². The molecule has 0 radical (unpaired) electrons. The molecule has 0 spiro atoms. The topological polar surface area (TPSA) is 77.2 Å². The van der Waals surface area contributed by atoms with E-state index in [2.05, 4.69) is 4.98 Å². The minimum absolute atomic E-state index is 0.110. The first kappa shape index (κ1) is 21.0. The maximum atomic E-state index is 12.6. The van der Waals surface area contributed by atoms with Crippen LogP contribution in [0.2, 0.25) is 0 Å². The molecule has 2 aromatic carbocycles. The fourth-order valence-corrected chi connectivity index (χ4v) is 4.52. The van der Waals surface area contributed by atoms with Gasteiger partial charge in [0.05, 0.1) is 11.4 Å². The van der Waals surface area contributed by atoms with Crippen molar-refractivity contribution >= 4 is 15.6 Å². The van der Waals surface area contributed by atoms with Crippen LogP contribution in [0.4, 0.5) is 0 Å². The number of nitrogens with zero attached hydrogens (tertiary/aromatic N) is 1. The van der Waals surface area contributed by atoms with E-state index >= 15 is 0 Å². The van der Waals surface area contributed by atoms with Crippen molar-refractivity contribution in [1.29, 1.82) is 0 Å². The number of carbonyl (C=O) groups excluding carboxylic acids is 1. The molecule has 0 amide bonds. The molecular weight excluding hydrogens is 386 g/mol. The maximum absolute atomic E-state index is 12.6. The van der Waals surface area contributed by atoms with Gasteiger partial charge in [-0.2, -0.15) is 0 Å². The first-order chi connectivity index (χ1) is 13.6. The van der Waals surface area contributed by atoms with E-state index in [1.807, 2.05) is 63.2 Å². The normalized spacial score (nSPS) is 11.6. The molecule has 0 aliphatic carbocycles. The van der Waals surface area contributed by atoms with Gasteiger partial charge >= 0.3 is 0 Å². The SMILES string of the molecule is Cc1ccc(-c2nc(CS(=O)(=O)CC(=O)Cc3cc(C)ccc3C)c(C)o2)cc1. The van der Waals surface area contributed by atoms with Gasteiger partial charge in [-0.3, -0.25) is 4.79 Å². The largest absolute Gasteiger partial charge is 0.441 e. The molecule has 3 aromatic rings. The summed E-state index contributed by atoms with van der Waals surface area (Å²) < 4.78 is 30.8. The minimum atomic E-state index is -3.65. The van der Waals surface area contributed by atoms with E-state index in [0.29, 0.717) is 17.3 Å². The van der Waals surface area contributed by atoms with Crippen LogP contribution < -0.4 is 0 Å². The zero-order chi connectivity index (χ0) is 21.2. The number of hydrogen-bond donors (Lipinski definition) is 0. The van der Waals surface area contributed by atoms with Crippen LogP contribution in [0.1, 0.15) is 33.7 Å².